The number of hydrogen-bond donors (Lipinski definition) is 1. The van der Waals surface area contributed by atoms with Gasteiger partial charge >= 0.3 is 6.09 Å². The van der Waals surface area contributed by atoms with Crippen LogP contribution in [0, 0.1) is 0 Å². The summed E-state index contributed by atoms with van der Waals surface area (Å²) in [6.45, 7) is 6.44. The lowest BCUT2D eigenvalue weighted by Crippen LogP contribution is -2.43. The van der Waals surface area contributed by atoms with E-state index in [-0.39, 0.29) is 6.09 Å². The molecule has 1 aliphatic heterocycles. The van der Waals surface area contributed by atoms with Gasteiger partial charge in [0.25, 0.3) is 0 Å². The number of carbonyl (C=O) groups excluding carboxylic acids is 1. The minimum absolute atomic E-state index is 0.340. The van der Waals surface area contributed by atoms with Crippen LogP contribution in [0.25, 0.3) is 0 Å². The number of hydrogen-bond acceptors (Lipinski definition) is 5. The fraction of sp³-hybridized carbons (Fsp3) is 0.471. The Hall–Kier alpha value is -2.37. The van der Waals surface area contributed by atoms with Crippen molar-refractivity contribution >= 4 is 11.8 Å². The van der Waals surface area contributed by atoms with Crippen molar-refractivity contribution in [1.82, 2.24) is 9.88 Å². The van der Waals surface area contributed by atoms with Gasteiger partial charge in [-0.1, -0.05) is 6.07 Å². The van der Waals surface area contributed by atoms with Crippen molar-refractivity contribution in [1.29, 1.82) is 0 Å². The van der Waals surface area contributed by atoms with Crippen molar-refractivity contribution in [2.45, 2.75) is 32.8 Å². The molecule has 0 saturated carbocycles. The molecule has 1 amide bonds. The van der Waals surface area contributed by atoms with Gasteiger partial charge in [0.05, 0.1) is 18.0 Å². The second-order valence-electron chi connectivity index (χ2n) is 6.44. The molecule has 2 N–H and O–H groups in total. The Morgan fingerprint density at radius 1 is 1.39 bits per heavy atom. The van der Waals surface area contributed by atoms with Crippen LogP contribution in [0.3, 0.4) is 0 Å². The molecule has 0 aromatic carbocycles. The highest BCUT2D eigenvalue weighted by Gasteiger charge is 2.28. The Morgan fingerprint density at radius 3 is 2.65 bits per heavy atom. The van der Waals surface area contributed by atoms with Crippen LogP contribution in [-0.2, 0) is 4.74 Å². The minimum atomic E-state index is -0.514. The maximum absolute atomic E-state index is 12.2. The Morgan fingerprint density at radius 2 is 2.13 bits per heavy atom. The third-order valence-corrected chi connectivity index (χ3v) is 3.45. The number of rotatable bonds is 2. The zero-order valence-corrected chi connectivity index (χ0v) is 14.2. The highest BCUT2D eigenvalue weighted by Crippen LogP contribution is 2.21. The second-order valence-corrected chi connectivity index (χ2v) is 6.44. The molecule has 0 bridgehead atoms. The molecule has 0 radical (unpaired) electrons. The van der Waals surface area contributed by atoms with E-state index in [9.17, 15) is 4.79 Å². The lowest BCUT2D eigenvalue weighted by molar-refractivity contribution is 0.0260. The molecule has 23 heavy (non-hydrogen) atoms. The number of ether oxygens (including phenoxy) is 1. The summed E-state index contributed by atoms with van der Waals surface area (Å²) in [6.07, 6.45) is 2.02. The van der Waals surface area contributed by atoms with Gasteiger partial charge in [-0.3, -0.25) is 9.98 Å². The van der Waals surface area contributed by atoms with E-state index < -0.39 is 5.60 Å². The summed E-state index contributed by atoms with van der Waals surface area (Å²) in [6, 6.07) is 5.68. The van der Waals surface area contributed by atoms with Gasteiger partial charge in [-0.2, -0.15) is 0 Å². The number of nitrogens with zero attached hydrogens (tertiary/aromatic N) is 3. The van der Waals surface area contributed by atoms with E-state index in [0.717, 1.165) is 17.0 Å². The van der Waals surface area contributed by atoms with Crippen LogP contribution < -0.4 is 5.73 Å². The number of pyridine rings is 1. The standard InChI is InChI=1S/C17H24N4O2/c1-17(2,3)23-16(22)21-10-8-12(13(18)11-21)15(19-4)14-7-5-6-9-20-14/h5-7,9H,8,10-11,18H2,1-4H3. The molecule has 1 aromatic rings. The fourth-order valence-electron chi connectivity index (χ4n) is 2.45. The van der Waals surface area contributed by atoms with E-state index in [1.807, 2.05) is 39.0 Å². The van der Waals surface area contributed by atoms with E-state index in [2.05, 4.69) is 9.98 Å². The van der Waals surface area contributed by atoms with E-state index in [4.69, 9.17) is 10.5 Å². The Bertz CT molecular complexity index is 630. The van der Waals surface area contributed by atoms with E-state index >= 15 is 0 Å². The van der Waals surface area contributed by atoms with Crippen molar-refractivity contribution < 1.29 is 9.53 Å². The lowest BCUT2D eigenvalue weighted by atomic mass is 9.98. The molecule has 2 heterocycles. The Balaban J connectivity index is 2.17. The minimum Gasteiger partial charge on any atom is -0.444 e. The third kappa shape index (κ3) is 4.31. The molecule has 0 unspecified atom stereocenters. The first-order valence-electron chi connectivity index (χ1n) is 7.66. The molecule has 6 heteroatoms. The monoisotopic (exact) mass is 316 g/mol. The van der Waals surface area contributed by atoms with E-state index in [1.54, 1.807) is 18.1 Å². The van der Waals surface area contributed by atoms with Crippen LogP contribution in [0.4, 0.5) is 4.79 Å². The lowest BCUT2D eigenvalue weighted by Gasteiger charge is -2.31. The van der Waals surface area contributed by atoms with Crippen LogP contribution >= 0.6 is 0 Å². The van der Waals surface area contributed by atoms with Crippen molar-refractivity contribution in [2.75, 3.05) is 20.1 Å². The first-order chi connectivity index (χ1) is 10.8. The summed E-state index contributed by atoms with van der Waals surface area (Å²) in [7, 11) is 1.73. The van der Waals surface area contributed by atoms with Gasteiger partial charge in [0.1, 0.15) is 5.60 Å². The Kier molecular flexibility index (Phi) is 5.03. The number of nitrogens with two attached hydrogens (primary N) is 1. The molecular weight excluding hydrogens is 292 g/mol. The predicted molar refractivity (Wildman–Crippen MR) is 90.3 cm³/mol. The average Bonchev–Trinajstić information content (AvgIpc) is 2.49. The van der Waals surface area contributed by atoms with Crippen molar-refractivity contribution in [3.63, 3.8) is 0 Å². The zero-order chi connectivity index (χ0) is 17.0. The number of aromatic nitrogens is 1. The molecule has 124 valence electrons. The first kappa shape index (κ1) is 17.0. The van der Waals surface area contributed by atoms with E-state index in [0.29, 0.717) is 25.2 Å². The van der Waals surface area contributed by atoms with Gasteiger partial charge in [-0.15, -0.1) is 0 Å². The number of aliphatic imine (C=N–C) groups is 1. The quantitative estimate of drug-likeness (QED) is 0.849. The molecule has 1 aliphatic rings. The normalized spacial score (nSPS) is 16.5. The molecule has 0 saturated heterocycles. The van der Waals surface area contributed by atoms with Crippen LogP contribution in [-0.4, -0.2) is 47.4 Å². The molecule has 0 atom stereocenters. The van der Waals surface area contributed by atoms with Crippen LogP contribution in [0.5, 0.6) is 0 Å². The summed E-state index contributed by atoms with van der Waals surface area (Å²) in [5.74, 6) is 0. The first-order valence-corrected chi connectivity index (χ1v) is 7.66. The topological polar surface area (TPSA) is 80.8 Å². The molecule has 0 spiro atoms. The van der Waals surface area contributed by atoms with Gasteiger partial charge < -0.3 is 15.4 Å². The molecule has 0 aliphatic carbocycles. The van der Waals surface area contributed by atoms with Crippen LogP contribution in [0.2, 0.25) is 0 Å². The Labute approximate surface area is 137 Å². The SMILES string of the molecule is CN=C(C1=C(N)CN(C(=O)OC(C)(C)C)CC1)c1ccccn1. The highest BCUT2D eigenvalue weighted by atomic mass is 16.6. The highest BCUT2D eigenvalue weighted by molar-refractivity contribution is 6.12. The second kappa shape index (κ2) is 6.81. The van der Waals surface area contributed by atoms with E-state index in [1.165, 1.54) is 0 Å². The molecule has 0 fully saturated rings. The van der Waals surface area contributed by atoms with Gasteiger partial charge in [0.15, 0.2) is 0 Å². The van der Waals surface area contributed by atoms with Gasteiger partial charge in [0, 0.05) is 31.1 Å². The van der Waals surface area contributed by atoms with Gasteiger partial charge in [-0.05, 0) is 39.3 Å². The van der Waals surface area contributed by atoms with Gasteiger partial charge in [0.2, 0.25) is 0 Å². The molecular formula is C17H24N4O2. The summed E-state index contributed by atoms with van der Waals surface area (Å²) < 4.78 is 5.40. The van der Waals surface area contributed by atoms with Crippen molar-refractivity contribution in [3.05, 3.63) is 41.4 Å². The molecule has 2 rings (SSSR count). The predicted octanol–water partition coefficient (Wildman–Crippen LogP) is 2.35. The molecule has 6 nitrogen and oxygen atoms in total. The number of amides is 1. The van der Waals surface area contributed by atoms with Crippen LogP contribution in [0.15, 0.2) is 40.7 Å². The summed E-state index contributed by atoms with van der Waals surface area (Å²) in [5, 5.41) is 0. The summed E-state index contributed by atoms with van der Waals surface area (Å²) >= 11 is 0. The zero-order valence-electron chi connectivity index (χ0n) is 14.2. The average molecular weight is 316 g/mol. The smallest absolute Gasteiger partial charge is 0.410 e. The van der Waals surface area contributed by atoms with Gasteiger partial charge in [-0.25, -0.2) is 4.79 Å². The van der Waals surface area contributed by atoms with Crippen molar-refractivity contribution in [3.8, 4) is 0 Å². The fourth-order valence-corrected chi connectivity index (χ4v) is 2.45. The largest absolute Gasteiger partial charge is 0.444 e. The maximum atomic E-state index is 12.2. The third-order valence-electron chi connectivity index (χ3n) is 3.45. The summed E-state index contributed by atoms with van der Waals surface area (Å²) in [5.41, 5.74) is 8.85. The molecule has 1 aromatic heterocycles. The maximum Gasteiger partial charge on any atom is 0.410 e. The summed E-state index contributed by atoms with van der Waals surface area (Å²) in [4.78, 5) is 22.5. The van der Waals surface area contributed by atoms with Crippen LogP contribution in [0.1, 0.15) is 32.9 Å². The number of carbonyl (C=O) groups is 1. The van der Waals surface area contributed by atoms with Crippen molar-refractivity contribution in [2.24, 2.45) is 10.7 Å².